The average Bonchev–Trinajstić information content (AvgIpc) is 3.45. The van der Waals surface area contributed by atoms with Crippen molar-refractivity contribution in [2.45, 2.75) is 19.4 Å². The molecule has 3 aromatic heterocycles. The first-order chi connectivity index (χ1) is 14.2. The molecular formula is C20H16FN5O3. The lowest BCUT2D eigenvalue weighted by Gasteiger charge is -2.16. The summed E-state index contributed by atoms with van der Waals surface area (Å²) in [5.41, 5.74) is 3.54. The maximum absolute atomic E-state index is 14.6. The van der Waals surface area contributed by atoms with E-state index in [1.165, 1.54) is 12.5 Å². The van der Waals surface area contributed by atoms with Crippen LogP contribution in [0.2, 0.25) is 0 Å². The van der Waals surface area contributed by atoms with Crippen molar-refractivity contribution in [2.24, 2.45) is 0 Å². The molecule has 0 unspecified atom stereocenters. The van der Waals surface area contributed by atoms with E-state index >= 15 is 0 Å². The SMILES string of the molecule is Cc1ncoc1-c1cc2c(n3cnnc13)NCc1c(F)ccc3c1[C@@H](CO3)CO2. The molecule has 0 saturated carbocycles. The summed E-state index contributed by atoms with van der Waals surface area (Å²) in [6.45, 7) is 2.98. The van der Waals surface area contributed by atoms with Crippen molar-refractivity contribution in [3.05, 3.63) is 53.6 Å². The average molecular weight is 393 g/mol. The third-order valence-corrected chi connectivity index (χ3v) is 5.51. The molecule has 0 aliphatic carbocycles. The first kappa shape index (κ1) is 16.3. The Morgan fingerprint density at radius 1 is 1.21 bits per heavy atom. The third-order valence-electron chi connectivity index (χ3n) is 5.51. The third kappa shape index (κ3) is 2.33. The van der Waals surface area contributed by atoms with Crippen LogP contribution in [0.15, 0.2) is 35.3 Å². The van der Waals surface area contributed by atoms with Crippen LogP contribution < -0.4 is 14.8 Å². The molecule has 1 aromatic carbocycles. The molecule has 0 amide bonds. The van der Waals surface area contributed by atoms with Crippen LogP contribution in [-0.2, 0) is 6.54 Å². The monoisotopic (exact) mass is 393 g/mol. The summed E-state index contributed by atoms with van der Waals surface area (Å²) in [5, 5.41) is 11.6. The zero-order valence-corrected chi connectivity index (χ0v) is 15.5. The van der Waals surface area contributed by atoms with E-state index in [0.717, 1.165) is 22.6 Å². The number of aryl methyl sites for hydroxylation is 1. The molecule has 146 valence electrons. The van der Waals surface area contributed by atoms with E-state index in [0.29, 0.717) is 48.3 Å². The number of hydrogen-bond donors (Lipinski definition) is 1. The van der Waals surface area contributed by atoms with Crippen molar-refractivity contribution >= 4 is 11.5 Å². The number of halogens is 1. The van der Waals surface area contributed by atoms with Gasteiger partial charge in [-0.2, -0.15) is 0 Å². The second-order valence-corrected chi connectivity index (χ2v) is 7.17. The Bertz CT molecular complexity index is 1260. The quantitative estimate of drug-likeness (QED) is 0.531. The van der Waals surface area contributed by atoms with E-state index in [4.69, 9.17) is 13.9 Å². The number of oxazole rings is 1. The van der Waals surface area contributed by atoms with Crippen LogP contribution in [0.1, 0.15) is 22.7 Å². The van der Waals surface area contributed by atoms with E-state index in [1.54, 1.807) is 16.8 Å². The molecule has 0 bridgehead atoms. The van der Waals surface area contributed by atoms with Gasteiger partial charge in [0, 0.05) is 17.7 Å². The predicted molar refractivity (Wildman–Crippen MR) is 101 cm³/mol. The summed E-state index contributed by atoms with van der Waals surface area (Å²) in [4.78, 5) is 4.18. The Morgan fingerprint density at radius 2 is 2.07 bits per heavy atom. The minimum absolute atomic E-state index is 0.0458. The summed E-state index contributed by atoms with van der Waals surface area (Å²) in [6.07, 6.45) is 2.99. The number of benzene rings is 1. The molecule has 2 aliphatic rings. The van der Waals surface area contributed by atoms with Gasteiger partial charge in [0.25, 0.3) is 0 Å². The van der Waals surface area contributed by atoms with Crippen molar-refractivity contribution in [2.75, 3.05) is 18.5 Å². The second-order valence-electron chi connectivity index (χ2n) is 7.17. The molecule has 6 rings (SSSR count). The topological polar surface area (TPSA) is 86.7 Å². The van der Waals surface area contributed by atoms with Crippen LogP contribution in [0, 0.1) is 12.7 Å². The molecule has 29 heavy (non-hydrogen) atoms. The van der Waals surface area contributed by atoms with E-state index in [2.05, 4.69) is 20.5 Å². The van der Waals surface area contributed by atoms with E-state index in [9.17, 15) is 4.39 Å². The first-order valence-corrected chi connectivity index (χ1v) is 9.28. The highest BCUT2D eigenvalue weighted by Gasteiger charge is 2.32. The van der Waals surface area contributed by atoms with Gasteiger partial charge >= 0.3 is 0 Å². The highest BCUT2D eigenvalue weighted by atomic mass is 19.1. The normalized spacial score (nSPS) is 17.4. The van der Waals surface area contributed by atoms with Crippen molar-refractivity contribution in [1.82, 2.24) is 19.6 Å². The minimum Gasteiger partial charge on any atom is -0.493 e. The molecule has 1 atom stereocenters. The van der Waals surface area contributed by atoms with E-state index < -0.39 is 0 Å². The number of pyridine rings is 1. The van der Waals surface area contributed by atoms with E-state index in [-0.39, 0.29) is 11.7 Å². The maximum Gasteiger partial charge on any atom is 0.181 e. The number of fused-ring (bicyclic) bond motifs is 3. The molecule has 0 radical (unpaired) electrons. The minimum atomic E-state index is -0.260. The lowest BCUT2D eigenvalue weighted by Crippen LogP contribution is -2.13. The Hall–Kier alpha value is -3.62. The van der Waals surface area contributed by atoms with Crippen molar-refractivity contribution in [3.63, 3.8) is 0 Å². The van der Waals surface area contributed by atoms with E-state index in [1.807, 2.05) is 13.0 Å². The first-order valence-electron chi connectivity index (χ1n) is 9.28. The Kier molecular flexibility index (Phi) is 3.35. The molecule has 8 nitrogen and oxygen atoms in total. The second kappa shape index (κ2) is 5.94. The lowest BCUT2D eigenvalue weighted by atomic mass is 9.96. The molecule has 0 fully saturated rings. The molecule has 0 saturated heterocycles. The Balaban J connectivity index is 1.54. The molecule has 0 spiro atoms. The number of aromatic nitrogens is 4. The number of hydrogen-bond acceptors (Lipinski definition) is 7. The highest BCUT2D eigenvalue weighted by Crippen LogP contribution is 2.42. The zero-order valence-electron chi connectivity index (χ0n) is 15.5. The predicted octanol–water partition coefficient (Wildman–Crippen LogP) is 3.31. The number of rotatable bonds is 1. The molecule has 4 aromatic rings. The molecule has 1 N–H and O–H groups in total. The number of nitrogens with zero attached hydrogens (tertiary/aromatic N) is 4. The largest absolute Gasteiger partial charge is 0.493 e. The Labute approximate surface area is 164 Å². The van der Waals surface area contributed by atoms with Crippen LogP contribution in [0.4, 0.5) is 10.2 Å². The van der Waals surface area contributed by atoms with Gasteiger partial charge in [0.15, 0.2) is 29.4 Å². The van der Waals surface area contributed by atoms with Crippen molar-refractivity contribution in [1.29, 1.82) is 0 Å². The zero-order chi connectivity index (χ0) is 19.5. The van der Waals surface area contributed by atoms with Gasteiger partial charge in [-0.05, 0) is 25.1 Å². The summed E-state index contributed by atoms with van der Waals surface area (Å²) in [7, 11) is 0. The maximum atomic E-state index is 14.6. The summed E-state index contributed by atoms with van der Waals surface area (Å²) in [6, 6.07) is 4.99. The number of anilines is 1. The standard InChI is InChI=1S/C20H16FN5O3/c1-10-18(29-9-23-10)12-4-16-20(26-8-24-25-19(12)26)22-5-13-14(21)2-3-15-17(13)11(6-27-15)7-28-16/h2-4,8-9,11,22H,5-7H2,1H3/t11-/m0/s1. The van der Waals surface area contributed by atoms with Gasteiger partial charge in [0.1, 0.15) is 17.9 Å². The van der Waals surface area contributed by atoms with Gasteiger partial charge in [-0.1, -0.05) is 0 Å². The van der Waals surface area contributed by atoms with Gasteiger partial charge in [-0.3, -0.25) is 4.40 Å². The number of nitrogens with one attached hydrogen (secondary N) is 1. The van der Waals surface area contributed by atoms with Crippen LogP contribution in [0.25, 0.3) is 17.0 Å². The fourth-order valence-electron chi connectivity index (χ4n) is 4.11. The van der Waals surface area contributed by atoms with Crippen LogP contribution >= 0.6 is 0 Å². The van der Waals surface area contributed by atoms with Crippen molar-refractivity contribution in [3.8, 4) is 22.8 Å². The van der Waals surface area contributed by atoms with Gasteiger partial charge in [-0.25, -0.2) is 9.37 Å². The Morgan fingerprint density at radius 3 is 2.90 bits per heavy atom. The summed E-state index contributed by atoms with van der Waals surface area (Å²) >= 11 is 0. The van der Waals surface area contributed by atoms with Crippen LogP contribution in [-0.4, -0.2) is 32.8 Å². The molecule has 9 heteroatoms. The van der Waals surface area contributed by atoms with Crippen molar-refractivity contribution < 1.29 is 18.3 Å². The molecule has 2 aliphatic heterocycles. The summed E-state index contributed by atoms with van der Waals surface area (Å²) in [5.74, 6) is 2.28. The molecule has 5 heterocycles. The fourth-order valence-corrected chi connectivity index (χ4v) is 4.11. The van der Waals surface area contributed by atoms with Gasteiger partial charge in [0.2, 0.25) is 0 Å². The van der Waals surface area contributed by atoms with Crippen LogP contribution in [0.5, 0.6) is 11.5 Å². The van der Waals surface area contributed by atoms with Gasteiger partial charge in [-0.15, -0.1) is 10.2 Å². The lowest BCUT2D eigenvalue weighted by molar-refractivity contribution is 0.249. The summed E-state index contributed by atoms with van der Waals surface area (Å²) < 4.78 is 33.9. The highest BCUT2D eigenvalue weighted by molar-refractivity contribution is 5.80. The van der Waals surface area contributed by atoms with Crippen LogP contribution in [0.3, 0.4) is 0 Å². The fraction of sp³-hybridized carbons (Fsp3) is 0.250. The smallest absolute Gasteiger partial charge is 0.181 e. The molecular weight excluding hydrogens is 377 g/mol. The van der Waals surface area contributed by atoms with Gasteiger partial charge < -0.3 is 19.2 Å². The number of ether oxygens (including phenoxy) is 2. The van der Waals surface area contributed by atoms with Gasteiger partial charge in [0.05, 0.1) is 30.4 Å².